The molecule has 1 saturated carbocycles. The van der Waals surface area contributed by atoms with E-state index < -0.39 is 5.82 Å². The number of piperidine rings is 1. The molecule has 1 saturated heterocycles. The number of hydrogen-bond donors (Lipinski definition) is 0. The van der Waals surface area contributed by atoms with Crippen molar-refractivity contribution in [1.29, 1.82) is 0 Å². The lowest BCUT2D eigenvalue weighted by Crippen LogP contribution is -2.47. The van der Waals surface area contributed by atoms with Crippen molar-refractivity contribution in [3.8, 4) is 17.1 Å². The third kappa shape index (κ3) is 3.65. The Kier molecular flexibility index (Phi) is 4.88. The Labute approximate surface area is 180 Å². The van der Waals surface area contributed by atoms with E-state index >= 15 is 0 Å². The summed E-state index contributed by atoms with van der Waals surface area (Å²) in [6.45, 7) is 4.50. The fraction of sp³-hybridized carbons (Fsp3) is 0.333. The maximum Gasteiger partial charge on any atom is 0.273 e. The highest BCUT2D eigenvalue weighted by Gasteiger charge is 2.49. The number of halogens is 1. The second-order valence-corrected chi connectivity index (χ2v) is 8.44. The van der Waals surface area contributed by atoms with E-state index in [-0.39, 0.29) is 29.4 Å². The molecular formula is C24H23FN4O2. The maximum atomic E-state index is 14.5. The first-order valence-corrected chi connectivity index (χ1v) is 10.5. The van der Waals surface area contributed by atoms with Crippen molar-refractivity contribution >= 4 is 5.91 Å². The van der Waals surface area contributed by atoms with Crippen LogP contribution in [0.4, 0.5) is 4.39 Å². The summed E-state index contributed by atoms with van der Waals surface area (Å²) in [5.74, 6) is 0.265. The lowest BCUT2D eigenvalue weighted by atomic mass is 10.0. The molecular weight excluding hydrogens is 395 g/mol. The molecule has 3 aromatic heterocycles. The summed E-state index contributed by atoms with van der Waals surface area (Å²) in [7, 11) is 0. The summed E-state index contributed by atoms with van der Waals surface area (Å²) in [4.78, 5) is 28.3. The van der Waals surface area contributed by atoms with Gasteiger partial charge in [-0.15, -0.1) is 0 Å². The van der Waals surface area contributed by atoms with E-state index in [1.165, 1.54) is 18.3 Å². The average Bonchev–Trinajstić information content (AvgIpc) is 3.36. The number of pyridine rings is 3. The standard InChI is InChI=1S/C24H23FN4O2/c1-14-5-6-21(27-11-14)31-20-10-16-9-19(20)29(13-16)24(30)23-17(8-15(2)12-28-23)22-18(25)4-3-7-26-22/h3-8,11-12,16,19-20H,9-10,13H2,1-2H3. The minimum Gasteiger partial charge on any atom is -0.472 e. The van der Waals surface area contributed by atoms with Crippen LogP contribution in [0.5, 0.6) is 5.88 Å². The predicted molar refractivity (Wildman–Crippen MR) is 113 cm³/mol. The SMILES string of the molecule is Cc1ccc(OC2CC3CC2N(C(=O)c2ncc(C)cc2-c2ncccc2F)C3)nc1. The first-order valence-electron chi connectivity index (χ1n) is 10.5. The highest BCUT2D eigenvalue weighted by Crippen LogP contribution is 2.41. The van der Waals surface area contributed by atoms with Crippen molar-refractivity contribution in [3.63, 3.8) is 0 Å². The number of likely N-dealkylation sites (tertiary alicyclic amines) is 1. The summed E-state index contributed by atoms with van der Waals surface area (Å²) < 4.78 is 20.6. The number of fused-ring (bicyclic) bond motifs is 2. The summed E-state index contributed by atoms with van der Waals surface area (Å²) in [6.07, 6.45) is 6.60. The van der Waals surface area contributed by atoms with E-state index in [0.717, 1.165) is 24.0 Å². The Bertz CT molecular complexity index is 1130. The summed E-state index contributed by atoms with van der Waals surface area (Å²) in [6, 6.07) is 8.41. The molecule has 31 heavy (non-hydrogen) atoms. The van der Waals surface area contributed by atoms with Gasteiger partial charge in [0, 0.05) is 36.8 Å². The molecule has 3 aromatic rings. The second kappa shape index (κ2) is 7.72. The fourth-order valence-electron chi connectivity index (χ4n) is 4.64. The number of hydrogen-bond acceptors (Lipinski definition) is 5. The minimum atomic E-state index is -0.474. The third-order valence-corrected chi connectivity index (χ3v) is 6.08. The van der Waals surface area contributed by atoms with Crippen molar-refractivity contribution in [2.75, 3.05) is 6.54 Å². The van der Waals surface area contributed by atoms with Crippen molar-refractivity contribution in [1.82, 2.24) is 19.9 Å². The molecule has 0 aromatic carbocycles. The Hall–Kier alpha value is -3.35. The third-order valence-electron chi connectivity index (χ3n) is 6.08. The fourth-order valence-corrected chi connectivity index (χ4v) is 4.64. The van der Waals surface area contributed by atoms with Crippen LogP contribution >= 0.6 is 0 Å². The maximum absolute atomic E-state index is 14.5. The van der Waals surface area contributed by atoms with E-state index in [1.807, 2.05) is 30.9 Å². The molecule has 2 bridgehead atoms. The number of carbonyl (C=O) groups excluding carboxylic acids is 1. The highest BCUT2D eigenvalue weighted by atomic mass is 19.1. The van der Waals surface area contributed by atoms with Gasteiger partial charge in [-0.3, -0.25) is 14.8 Å². The topological polar surface area (TPSA) is 68.2 Å². The van der Waals surface area contributed by atoms with Crippen LogP contribution in [0.25, 0.3) is 11.3 Å². The van der Waals surface area contributed by atoms with E-state index in [0.29, 0.717) is 23.9 Å². The molecule has 1 amide bonds. The molecule has 3 atom stereocenters. The highest BCUT2D eigenvalue weighted by molar-refractivity contribution is 5.99. The number of carbonyl (C=O) groups is 1. The van der Waals surface area contributed by atoms with Gasteiger partial charge < -0.3 is 9.64 Å². The van der Waals surface area contributed by atoms with Crippen LogP contribution in [-0.4, -0.2) is 44.4 Å². The van der Waals surface area contributed by atoms with Crippen molar-refractivity contribution in [3.05, 3.63) is 71.6 Å². The summed E-state index contributed by atoms with van der Waals surface area (Å²) in [5, 5.41) is 0. The minimum absolute atomic E-state index is 0.0508. The van der Waals surface area contributed by atoms with Crippen molar-refractivity contribution in [2.24, 2.45) is 5.92 Å². The molecule has 3 unspecified atom stereocenters. The summed E-state index contributed by atoms with van der Waals surface area (Å²) in [5.41, 5.74) is 2.69. The van der Waals surface area contributed by atoms with Gasteiger partial charge >= 0.3 is 0 Å². The monoisotopic (exact) mass is 418 g/mol. The van der Waals surface area contributed by atoms with Crippen LogP contribution in [0.1, 0.15) is 34.5 Å². The summed E-state index contributed by atoms with van der Waals surface area (Å²) >= 11 is 0. The Morgan fingerprint density at radius 1 is 1.10 bits per heavy atom. The zero-order valence-corrected chi connectivity index (χ0v) is 17.5. The van der Waals surface area contributed by atoms with Gasteiger partial charge in [-0.1, -0.05) is 6.07 Å². The van der Waals surface area contributed by atoms with E-state index in [9.17, 15) is 9.18 Å². The molecule has 4 heterocycles. The Morgan fingerprint density at radius 3 is 2.68 bits per heavy atom. The van der Waals surface area contributed by atoms with Crippen LogP contribution in [0, 0.1) is 25.6 Å². The second-order valence-electron chi connectivity index (χ2n) is 8.44. The first-order chi connectivity index (χ1) is 15.0. The van der Waals surface area contributed by atoms with Crippen LogP contribution in [0.15, 0.2) is 48.9 Å². The lowest BCUT2D eigenvalue weighted by molar-refractivity contribution is 0.0462. The van der Waals surface area contributed by atoms with Crippen molar-refractivity contribution < 1.29 is 13.9 Å². The van der Waals surface area contributed by atoms with Crippen LogP contribution < -0.4 is 4.74 Å². The van der Waals surface area contributed by atoms with Crippen molar-refractivity contribution in [2.45, 2.75) is 38.8 Å². The first kappa shape index (κ1) is 19.6. The van der Waals surface area contributed by atoms with E-state index in [4.69, 9.17) is 4.74 Å². The van der Waals surface area contributed by atoms with Gasteiger partial charge in [-0.2, -0.15) is 0 Å². The molecule has 5 rings (SSSR count). The van der Waals surface area contributed by atoms with Gasteiger partial charge in [0.05, 0.1) is 6.04 Å². The lowest BCUT2D eigenvalue weighted by Gasteiger charge is -2.33. The average molecular weight is 418 g/mol. The van der Waals surface area contributed by atoms with E-state index in [1.54, 1.807) is 18.5 Å². The number of ether oxygens (including phenoxy) is 1. The number of nitrogens with zero attached hydrogens (tertiary/aromatic N) is 4. The van der Waals surface area contributed by atoms with E-state index in [2.05, 4.69) is 15.0 Å². The molecule has 1 aliphatic carbocycles. The molecule has 0 radical (unpaired) electrons. The number of rotatable bonds is 4. The largest absolute Gasteiger partial charge is 0.472 e. The molecule has 2 aliphatic rings. The quantitative estimate of drug-likeness (QED) is 0.641. The molecule has 6 nitrogen and oxygen atoms in total. The van der Waals surface area contributed by atoms with Gasteiger partial charge in [0.25, 0.3) is 5.91 Å². The number of aromatic nitrogens is 3. The van der Waals surface area contributed by atoms with Gasteiger partial charge in [0.15, 0.2) is 0 Å². The zero-order valence-electron chi connectivity index (χ0n) is 17.5. The molecule has 1 aliphatic heterocycles. The molecule has 2 fully saturated rings. The van der Waals surface area contributed by atoms with Gasteiger partial charge in [0.2, 0.25) is 5.88 Å². The predicted octanol–water partition coefficient (Wildman–Crippen LogP) is 3.98. The Balaban J connectivity index is 1.43. The van der Waals surface area contributed by atoms with Crippen LogP contribution in [-0.2, 0) is 0 Å². The Morgan fingerprint density at radius 2 is 1.94 bits per heavy atom. The molecule has 0 spiro atoms. The normalized spacial score (nSPS) is 22.0. The smallest absolute Gasteiger partial charge is 0.273 e. The number of aryl methyl sites for hydroxylation is 2. The van der Waals surface area contributed by atoms with Gasteiger partial charge in [0.1, 0.15) is 23.3 Å². The molecule has 7 heteroatoms. The van der Waals surface area contributed by atoms with Crippen LogP contribution in [0.3, 0.4) is 0 Å². The molecule has 158 valence electrons. The zero-order chi connectivity index (χ0) is 21.5. The van der Waals surface area contributed by atoms with Gasteiger partial charge in [-0.05, 0) is 61.9 Å². The number of amides is 1. The van der Waals surface area contributed by atoms with Gasteiger partial charge in [-0.25, -0.2) is 9.37 Å². The molecule has 0 N–H and O–H groups in total. The van der Waals surface area contributed by atoms with Crippen LogP contribution in [0.2, 0.25) is 0 Å².